The summed E-state index contributed by atoms with van der Waals surface area (Å²) in [5.74, 6) is 0. The van der Waals surface area contributed by atoms with Gasteiger partial charge >= 0.3 is 0 Å². The molecule has 5 nitrogen and oxygen atoms in total. The fourth-order valence-electron chi connectivity index (χ4n) is 15.0. The van der Waals surface area contributed by atoms with Crippen molar-refractivity contribution in [3.05, 3.63) is 318 Å². The molecule has 16 aromatic rings. The topological polar surface area (TPSA) is 21.3 Å². The van der Waals surface area contributed by atoms with Crippen molar-refractivity contribution in [3.8, 4) is 39.3 Å². The zero-order valence-electron chi connectivity index (χ0n) is 59.3. The third kappa shape index (κ3) is 11.3. The van der Waals surface area contributed by atoms with Crippen molar-refractivity contribution >= 4 is 111 Å². The molecule has 0 aliphatic carbocycles. The van der Waals surface area contributed by atoms with E-state index in [2.05, 4.69) is 398 Å². The van der Waals surface area contributed by atoms with Gasteiger partial charge in [-0.05, 0) is 200 Å². The zero-order chi connectivity index (χ0) is 69.1. The lowest BCUT2D eigenvalue weighted by Gasteiger charge is -2.32. The van der Waals surface area contributed by atoms with Crippen LogP contribution in [0, 0.1) is 0 Å². The summed E-state index contributed by atoms with van der Waals surface area (Å²) >= 11 is 8.72. The molecule has 0 amide bonds. The maximum absolute atomic E-state index is 8.72. The van der Waals surface area contributed by atoms with Crippen molar-refractivity contribution < 1.29 is 0 Å². The maximum Gasteiger partial charge on any atom is 0.0888 e. The first-order valence-electron chi connectivity index (χ1n) is 35.2. The summed E-state index contributed by atoms with van der Waals surface area (Å²) < 4.78 is 7.35. The van der Waals surface area contributed by atoms with Gasteiger partial charge < -0.3 is 23.5 Å². The highest BCUT2D eigenvalue weighted by Gasteiger charge is 2.29. The summed E-state index contributed by atoms with van der Waals surface area (Å²) in [4.78, 5) is 4.77. The lowest BCUT2D eigenvalue weighted by atomic mass is 9.85. The molecule has 0 unspecified atom stereocenters. The van der Waals surface area contributed by atoms with Crippen molar-refractivity contribution in [2.75, 3.05) is 9.80 Å². The molecule has 0 atom stereocenters. The van der Waals surface area contributed by atoms with Gasteiger partial charge in [0.1, 0.15) is 0 Å². The van der Waals surface area contributed by atoms with Gasteiger partial charge in [0.2, 0.25) is 0 Å². The van der Waals surface area contributed by atoms with Crippen LogP contribution in [0.5, 0.6) is 0 Å². The summed E-state index contributed by atoms with van der Waals surface area (Å²) in [6.07, 6.45) is 0. The summed E-state index contributed by atoms with van der Waals surface area (Å²) in [5.41, 5.74) is 24.8. The Hall–Kier alpha value is -10.9. The number of hydrogen-bond donors (Lipinski definition) is 0. The number of hydrogen-bond acceptors (Lipinski definition) is 2. The zero-order valence-corrected chi connectivity index (χ0v) is 60.1. The summed E-state index contributed by atoms with van der Waals surface area (Å²) in [6, 6.07) is 108. The molecule has 0 fully saturated rings. The van der Waals surface area contributed by atoms with Gasteiger partial charge in [-0.3, -0.25) is 0 Å². The summed E-state index contributed by atoms with van der Waals surface area (Å²) in [5, 5.41) is 7.87. The van der Waals surface area contributed by atoms with Crippen LogP contribution in [0.3, 0.4) is 0 Å². The minimum Gasteiger partial charge on any atom is -0.309 e. The van der Waals surface area contributed by atoms with Crippen LogP contribution in [0.15, 0.2) is 291 Å². The van der Waals surface area contributed by atoms with Crippen LogP contribution in [-0.2, 0) is 21.7 Å². The molecule has 100 heavy (non-hydrogen) atoms. The molecule has 0 N–H and O–H groups in total. The molecule has 0 bridgehead atoms. The van der Waals surface area contributed by atoms with E-state index in [1.165, 1.54) is 54.6 Å². The average Bonchev–Trinajstić information content (AvgIpc) is 1.55. The lowest BCUT2D eigenvalue weighted by Crippen LogP contribution is -2.16. The number of benzene rings is 13. The fourth-order valence-corrected chi connectivity index (χ4v) is 15.2. The second-order valence-corrected chi connectivity index (χ2v) is 31.7. The molecule has 3 heterocycles. The van der Waals surface area contributed by atoms with Crippen LogP contribution in [0.25, 0.3) is 105 Å². The lowest BCUT2D eigenvalue weighted by molar-refractivity contribution is 0.590. The number of aromatic nitrogens is 3. The molecule has 0 aliphatic rings. The third-order valence-corrected chi connectivity index (χ3v) is 20.9. The van der Waals surface area contributed by atoms with Gasteiger partial charge in [-0.25, -0.2) is 0 Å². The molecule has 0 saturated carbocycles. The quantitative estimate of drug-likeness (QED) is 0.129. The Morgan fingerprint density at radius 1 is 0.230 bits per heavy atom. The van der Waals surface area contributed by atoms with Crippen LogP contribution >= 0.6 is 11.6 Å². The molecule has 0 radical (unpaired) electrons. The highest BCUT2D eigenvalue weighted by Crippen LogP contribution is 2.51. The van der Waals surface area contributed by atoms with Gasteiger partial charge in [-0.15, -0.1) is 0 Å². The molecule has 492 valence electrons. The summed E-state index contributed by atoms with van der Waals surface area (Å²) in [6.45, 7) is 27.7. The van der Waals surface area contributed by atoms with Gasteiger partial charge in [0, 0.05) is 66.4 Å². The Labute approximate surface area is 593 Å². The Balaban J connectivity index is 0.979. The Morgan fingerprint density at radius 3 is 0.850 bits per heavy atom. The predicted molar refractivity (Wildman–Crippen MR) is 430 cm³/mol. The molecule has 0 spiro atoms. The Kier molecular flexibility index (Phi) is 15.5. The molecule has 13 aromatic carbocycles. The van der Waals surface area contributed by atoms with E-state index in [1.54, 1.807) is 0 Å². The Morgan fingerprint density at radius 2 is 0.520 bits per heavy atom. The first kappa shape index (κ1) is 63.9. The smallest absolute Gasteiger partial charge is 0.0888 e. The average molecular weight is 1320 g/mol. The van der Waals surface area contributed by atoms with Gasteiger partial charge in [-0.1, -0.05) is 252 Å². The van der Waals surface area contributed by atoms with Gasteiger partial charge in [0.25, 0.3) is 0 Å². The van der Waals surface area contributed by atoms with Crippen molar-refractivity contribution in [2.45, 2.75) is 105 Å². The van der Waals surface area contributed by atoms with E-state index in [0.717, 1.165) is 107 Å². The van der Waals surface area contributed by atoms with Crippen LogP contribution in [0.1, 0.15) is 105 Å². The predicted octanol–water partition coefficient (Wildman–Crippen LogP) is 27.1. The van der Waals surface area contributed by atoms with E-state index in [9.17, 15) is 0 Å². The number of anilines is 6. The molecular weight excluding hydrogens is 1230 g/mol. The standard InChI is InChI=1S/C94H84ClN5/c1-91(2,3)65-41-49-84-78(53-65)79-54-66(92(4,5)6)42-50-85(79)98(84)73-31-23-29-71(57-73)96(69-45-37-63(38-46-69)61-25-15-13-16-26-61)88-59-75(100-82-35-21-19-33-76(82)77-34-20-22-36-83(77)100)60-89(90(88)95)97(70-47-39-64(40-48-70)62-27-17-14-18-28-62)72-30-24-32-74(58-72)99-86-51-43-67(93(7,8)9)55-80(86)81-56-68(94(10,11)12)44-52-87(81)99/h13-60H,1-12H3. The highest BCUT2D eigenvalue weighted by molar-refractivity contribution is 6.37. The van der Waals surface area contributed by atoms with E-state index in [1.807, 2.05) is 0 Å². The Bertz CT molecular complexity index is 5320. The highest BCUT2D eigenvalue weighted by atomic mass is 35.5. The van der Waals surface area contributed by atoms with Gasteiger partial charge in [0.05, 0.1) is 55.2 Å². The first-order chi connectivity index (χ1) is 48.0. The largest absolute Gasteiger partial charge is 0.309 e. The van der Waals surface area contributed by atoms with E-state index in [-0.39, 0.29) is 21.7 Å². The van der Waals surface area contributed by atoms with Crippen LogP contribution in [0.4, 0.5) is 34.1 Å². The van der Waals surface area contributed by atoms with Crippen LogP contribution < -0.4 is 9.80 Å². The van der Waals surface area contributed by atoms with Gasteiger partial charge in [0.15, 0.2) is 0 Å². The molecule has 6 heteroatoms. The number of halogens is 1. The van der Waals surface area contributed by atoms with Crippen molar-refractivity contribution in [3.63, 3.8) is 0 Å². The molecule has 3 aromatic heterocycles. The van der Waals surface area contributed by atoms with Gasteiger partial charge in [-0.2, -0.15) is 0 Å². The monoisotopic (exact) mass is 1320 g/mol. The SMILES string of the molecule is CC(C)(C)c1ccc2c(c1)c1cc(C(C)(C)C)ccc1n2-c1cccc(N(c2ccc(-c3ccccc3)cc2)c2cc(-n3c4ccccc4c4ccccc43)cc(N(c3ccc(-c4ccccc4)cc3)c3cccc(-n4c5ccc(C(C)(C)C)cc5c5cc(C(C)(C)C)ccc54)c3)c2Cl)c1. The maximum atomic E-state index is 8.72. The van der Waals surface area contributed by atoms with E-state index in [0.29, 0.717) is 5.02 Å². The van der Waals surface area contributed by atoms with Crippen LogP contribution in [0.2, 0.25) is 5.02 Å². The minimum absolute atomic E-state index is 0.0452. The number of fused-ring (bicyclic) bond motifs is 9. The number of rotatable bonds is 11. The molecule has 16 rings (SSSR count). The second-order valence-electron chi connectivity index (χ2n) is 31.3. The van der Waals surface area contributed by atoms with E-state index >= 15 is 0 Å². The van der Waals surface area contributed by atoms with Crippen LogP contribution in [-0.4, -0.2) is 13.7 Å². The minimum atomic E-state index is -0.0452. The van der Waals surface area contributed by atoms with E-state index < -0.39 is 0 Å². The second kappa shape index (κ2) is 24.3. The fraction of sp³-hybridized carbons (Fsp3) is 0.170. The van der Waals surface area contributed by atoms with Crippen molar-refractivity contribution in [1.29, 1.82) is 0 Å². The first-order valence-corrected chi connectivity index (χ1v) is 35.5. The normalized spacial score (nSPS) is 12.4. The van der Waals surface area contributed by atoms with E-state index in [4.69, 9.17) is 11.6 Å². The molecule has 0 aliphatic heterocycles. The number of nitrogens with zero attached hydrogens (tertiary/aromatic N) is 5. The summed E-state index contributed by atoms with van der Waals surface area (Å²) in [7, 11) is 0. The molecular formula is C94H84ClN5. The number of para-hydroxylation sites is 2. The third-order valence-electron chi connectivity index (χ3n) is 20.5. The molecule has 0 saturated heterocycles. The van der Waals surface area contributed by atoms with Crippen molar-refractivity contribution in [1.82, 2.24) is 13.7 Å². The van der Waals surface area contributed by atoms with Crippen molar-refractivity contribution in [2.24, 2.45) is 0 Å².